The van der Waals surface area contributed by atoms with Gasteiger partial charge in [-0.25, -0.2) is 0 Å². The van der Waals surface area contributed by atoms with Gasteiger partial charge in [-0.3, -0.25) is 15.0 Å². The van der Waals surface area contributed by atoms with E-state index in [2.05, 4.69) is 5.32 Å². The number of halogens is 1. The summed E-state index contributed by atoms with van der Waals surface area (Å²) in [6.45, 7) is 0.495. The fourth-order valence-electron chi connectivity index (χ4n) is 4.05. The first-order valence-corrected chi connectivity index (χ1v) is 11.8. The molecule has 0 aromatic heterocycles. The van der Waals surface area contributed by atoms with E-state index in [9.17, 15) is 9.59 Å². The monoisotopic (exact) mass is 519 g/mol. The number of benzene rings is 3. The van der Waals surface area contributed by atoms with Crippen molar-refractivity contribution in [3.63, 3.8) is 0 Å². The molecule has 1 heterocycles. The summed E-state index contributed by atoms with van der Waals surface area (Å²) in [5, 5.41) is 10.4. The second-order valence-electron chi connectivity index (χ2n) is 8.66. The third-order valence-electron chi connectivity index (χ3n) is 5.98. The molecule has 192 valence electrons. The number of ether oxygens (including phenoxy) is 2. The van der Waals surface area contributed by atoms with E-state index >= 15 is 0 Å². The van der Waals surface area contributed by atoms with Crippen LogP contribution in [0.25, 0.3) is 17.2 Å². The molecule has 0 bridgehead atoms. The zero-order chi connectivity index (χ0) is 25.3. The maximum atomic E-state index is 12.3. The Morgan fingerprint density at radius 1 is 1.00 bits per heavy atom. The number of nitrogens with two attached hydrogens (primary N) is 1. The van der Waals surface area contributed by atoms with Crippen molar-refractivity contribution in [1.29, 1.82) is 5.41 Å². The Morgan fingerprint density at radius 2 is 1.65 bits per heavy atom. The Balaban J connectivity index is 0.00000380. The lowest BCUT2D eigenvalue weighted by molar-refractivity contribution is -0.145. The Morgan fingerprint density at radius 3 is 2.30 bits per heavy atom. The van der Waals surface area contributed by atoms with Crippen LogP contribution in [-0.4, -0.2) is 37.0 Å². The van der Waals surface area contributed by atoms with Gasteiger partial charge >= 0.3 is 5.97 Å². The van der Waals surface area contributed by atoms with Gasteiger partial charge in [0.15, 0.2) is 0 Å². The minimum atomic E-state index is -0.412. The summed E-state index contributed by atoms with van der Waals surface area (Å²) < 4.78 is 11.1. The third-order valence-corrected chi connectivity index (χ3v) is 5.98. The van der Waals surface area contributed by atoms with Crippen molar-refractivity contribution in [2.75, 3.05) is 13.2 Å². The van der Waals surface area contributed by atoms with Crippen molar-refractivity contribution >= 4 is 36.2 Å². The highest BCUT2D eigenvalue weighted by atomic mass is 35.5. The van der Waals surface area contributed by atoms with E-state index < -0.39 is 5.92 Å². The maximum Gasteiger partial charge on any atom is 0.306 e. The zero-order valence-corrected chi connectivity index (χ0v) is 21.1. The largest absolute Gasteiger partial charge is 0.491 e. The molecule has 7 nitrogen and oxygen atoms in total. The van der Waals surface area contributed by atoms with Crippen molar-refractivity contribution in [3.8, 4) is 16.9 Å². The number of nitrogens with one attached hydrogen (secondary N) is 2. The quantitative estimate of drug-likeness (QED) is 0.206. The molecular weight excluding hydrogens is 490 g/mol. The van der Waals surface area contributed by atoms with Gasteiger partial charge in [0.05, 0.1) is 18.4 Å². The topological polar surface area (TPSA) is 115 Å². The molecule has 3 aromatic carbocycles. The number of carbonyl (C=O) groups excluding carboxylic acids is 2. The van der Waals surface area contributed by atoms with Gasteiger partial charge in [0.2, 0.25) is 5.91 Å². The van der Waals surface area contributed by atoms with Crippen molar-refractivity contribution in [2.45, 2.75) is 18.9 Å². The number of amidine groups is 1. The van der Waals surface area contributed by atoms with E-state index in [-0.39, 0.29) is 49.2 Å². The van der Waals surface area contributed by atoms with Crippen LogP contribution < -0.4 is 15.8 Å². The lowest BCUT2D eigenvalue weighted by Gasteiger charge is -2.12. The van der Waals surface area contributed by atoms with Crippen LogP contribution in [0.5, 0.6) is 5.75 Å². The molecule has 4 rings (SSSR count). The number of esters is 1. The van der Waals surface area contributed by atoms with E-state index in [1.807, 2.05) is 84.9 Å². The number of nitrogen functional groups attached to an aromatic ring is 1. The summed E-state index contributed by atoms with van der Waals surface area (Å²) in [5.74, 6) is -0.212. The molecule has 1 aliphatic heterocycles. The zero-order valence-electron chi connectivity index (χ0n) is 20.3. The predicted octanol–water partition coefficient (Wildman–Crippen LogP) is 4.59. The van der Waals surface area contributed by atoms with Crippen LogP contribution in [0, 0.1) is 11.3 Å². The normalized spacial score (nSPS) is 16.6. The third kappa shape index (κ3) is 7.95. The highest BCUT2D eigenvalue weighted by molar-refractivity contribution is 5.95. The van der Waals surface area contributed by atoms with Crippen molar-refractivity contribution in [2.24, 2.45) is 11.7 Å². The molecule has 0 radical (unpaired) electrons. The molecule has 1 amide bonds. The minimum Gasteiger partial charge on any atom is -0.491 e. The van der Waals surface area contributed by atoms with E-state index in [0.717, 1.165) is 16.7 Å². The van der Waals surface area contributed by atoms with Crippen LogP contribution in [0.15, 0.2) is 84.9 Å². The predicted molar refractivity (Wildman–Crippen MR) is 147 cm³/mol. The van der Waals surface area contributed by atoms with Crippen LogP contribution in [0.3, 0.4) is 0 Å². The lowest BCUT2D eigenvalue weighted by atomic mass is 10.0. The van der Waals surface area contributed by atoms with E-state index in [1.165, 1.54) is 0 Å². The molecule has 37 heavy (non-hydrogen) atoms. The molecule has 0 spiro atoms. The average molecular weight is 520 g/mol. The average Bonchev–Trinajstić information content (AvgIpc) is 3.25. The van der Waals surface area contributed by atoms with Gasteiger partial charge in [0, 0.05) is 5.56 Å². The molecular formula is C29H30ClN3O4. The van der Waals surface area contributed by atoms with E-state index in [4.69, 9.17) is 20.6 Å². The highest BCUT2D eigenvalue weighted by Crippen LogP contribution is 2.24. The van der Waals surface area contributed by atoms with Crippen molar-refractivity contribution in [1.82, 2.24) is 5.32 Å². The van der Waals surface area contributed by atoms with E-state index in [1.54, 1.807) is 6.08 Å². The molecule has 8 heteroatoms. The summed E-state index contributed by atoms with van der Waals surface area (Å²) in [5.41, 5.74) is 9.25. The van der Waals surface area contributed by atoms with Gasteiger partial charge in [-0.2, -0.15) is 0 Å². The SMILES string of the molecule is Cl.N=C(N)c1ccc(-c2ccc(OC[C@@H]3C[C@@H](CC(=O)OC/C=C/c4ccccc4)C(=O)N3)cc2)cc1. The molecule has 1 fully saturated rings. The maximum absolute atomic E-state index is 12.3. The first-order valence-electron chi connectivity index (χ1n) is 11.8. The number of hydrogen-bond donors (Lipinski definition) is 3. The van der Waals surface area contributed by atoms with Crippen molar-refractivity contribution in [3.05, 3.63) is 96.1 Å². The molecule has 0 unspecified atom stereocenters. The summed E-state index contributed by atoms with van der Waals surface area (Å²) in [6, 6.07) is 24.7. The fourth-order valence-corrected chi connectivity index (χ4v) is 4.05. The Bertz CT molecular complexity index is 1230. The molecule has 3 aromatic rings. The fraction of sp³-hybridized carbons (Fsp3) is 0.207. The number of amides is 1. The Hall–Kier alpha value is -4.10. The first kappa shape index (κ1) is 27.5. The summed E-state index contributed by atoms with van der Waals surface area (Å²) >= 11 is 0. The molecule has 0 aliphatic carbocycles. The second kappa shape index (κ2) is 13.3. The number of hydrogen-bond acceptors (Lipinski definition) is 5. The van der Waals surface area contributed by atoms with Crippen LogP contribution in [-0.2, 0) is 14.3 Å². The second-order valence-corrected chi connectivity index (χ2v) is 8.66. The lowest BCUT2D eigenvalue weighted by Crippen LogP contribution is -2.31. The number of rotatable bonds is 10. The van der Waals surface area contributed by atoms with Gasteiger partial charge in [0.1, 0.15) is 24.8 Å². The van der Waals surface area contributed by atoms with E-state index in [0.29, 0.717) is 24.3 Å². The highest BCUT2D eigenvalue weighted by Gasteiger charge is 2.34. The Labute approximate surface area is 222 Å². The van der Waals surface area contributed by atoms with Gasteiger partial charge in [-0.05, 0) is 41.3 Å². The van der Waals surface area contributed by atoms with Gasteiger partial charge < -0.3 is 20.5 Å². The standard InChI is InChI=1S/C29H29N3O4.ClH/c30-28(31)23-10-8-21(9-11-23)22-12-14-26(15-13-22)36-19-25-17-24(29(34)32-25)18-27(33)35-16-4-7-20-5-2-1-3-6-20;/h1-15,24-25H,16-19H2,(H3,30,31)(H,32,34);1H/b7-4+;/t24-,25-;/m0./s1. The molecule has 2 atom stereocenters. The Kier molecular flexibility index (Phi) is 9.86. The molecule has 1 aliphatic rings. The van der Waals surface area contributed by atoms with Crippen LogP contribution >= 0.6 is 12.4 Å². The van der Waals surface area contributed by atoms with Gasteiger partial charge in [-0.1, -0.05) is 72.8 Å². The van der Waals surface area contributed by atoms with Crippen LogP contribution in [0.1, 0.15) is 24.0 Å². The summed E-state index contributed by atoms with van der Waals surface area (Å²) in [4.78, 5) is 24.5. The first-order chi connectivity index (χ1) is 17.5. The van der Waals surface area contributed by atoms with Crippen molar-refractivity contribution < 1.29 is 19.1 Å². The molecule has 1 saturated heterocycles. The minimum absolute atomic E-state index is 0. The van der Waals surface area contributed by atoms with Crippen LogP contribution in [0.2, 0.25) is 0 Å². The summed E-state index contributed by atoms with van der Waals surface area (Å²) in [6.07, 6.45) is 4.25. The molecule has 0 saturated carbocycles. The van der Waals surface area contributed by atoms with Gasteiger partial charge in [0.25, 0.3) is 0 Å². The number of carbonyl (C=O) groups is 2. The summed E-state index contributed by atoms with van der Waals surface area (Å²) in [7, 11) is 0. The smallest absolute Gasteiger partial charge is 0.306 e. The molecule has 4 N–H and O–H groups in total. The van der Waals surface area contributed by atoms with Crippen LogP contribution in [0.4, 0.5) is 0 Å². The van der Waals surface area contributed by atoms with Gasteiger partial charge in [-0.15, -0.1) is 12.4 Å².